The average Bonchev–Trinajstić information content (AvgIpc) is 3.32. The number of nitrogens with zero attached hydrogens (tertiary/aromatic N) is 3. The molecule has 170 valence electrons. The molecule has 4 rings (SSSR count). The van der Waals surface area contributed by atoms with Crippen LogP contribution in [0.4, 0.5) is 10.2 Å². The number of hydrogen-bond acceptors (Lipinski definition) is 5. The highest BCUT2D eigenvalue weighted by atomic mass is 79.9. The van der Waals surface area contributed by atoms with E-state index in [1.165, 1.54) is 10.7 Å². The van der Waals surface area contributed by atoms with Crippen LogP contribution in [-0.4, -0.2) is 20.8 Å². The molecular formula is C24H22BrFN4O3. The van der Waals surface area contributed by atoms with Crippen LogP contribution >= 0.6 is 15.9 Å². The third-order valence-corrected chi connectivity index (χ3v) is 5.73. The summed E-state index contributed by atoms with van der Waals surface area (Å²) in [5.74, 6) is 0.717. The van der Waals surface area contributed by atoms with E-state index in [1.54, 1.807) is 31.3 Å². The number of carbonyl (C=O) groups is 1. The number of halogens is 2. The van der Waals surface area contributed by atoms with Gasteiger partial charge in [-0.15, -0.1) is 0 Å². The van der Waals surface area contributed by atoms with Crippen LogP contribution in [0.5, 0.6) is 5.75 Å². The van der Waals surface area contributed by atoms with Gasteiger partial charge in [0.15, 0.2) is 11.5 Å². The lowest BCUT2D eigenvalue weighted by Gasteiger charge is -2.10. The molecule has 7 nitrogen and oxygen atoms in total. The molecule has 2 aromatic heterocycles. The maximum Gasteiger partial charge on any atom is 0.279 e. The molecule has 0 saturated heterocycles. The maximum atomic E-state index is 13.9. The van der Waals surface area contributed by atoms with Crippen molar-refractivity contribution in [2.45, 2.75) is 33.9 Å². The van der Waals surface area contributed by atoms with Crippen LogP contribution in [0.1, 0.15) is 38.5 Å². The minimum Gasteiger partial charge on any atom is -0.488 e. The van der Waals surface area contributed by atoms with Gasteiger partial charge < -0.3 is 14.6 Å². The van der Waals surface area contributed by atoms with Gasteiger partial charge in [-0.05, 0) is 60.0 Å². The lowest BCUT2D eigenvalue weighted by molar-refractivity contribution is 0.101. The van der Waals surface area contributed by atoms with Crippen molar-refractivity contribution in [2.75, 3.05) is 5.32 Å². The van der Waals surface area contributed by atoms with Crippen LogP contribution in [0, 0.1) is 26.6 Å². The van der Waals surface area contributed by atoms with Crippen molar-refractivity contribution < 1.29 is 18.4 Å². The summed E-state index contributed by atoms with van der Waals surface area (Å²) in [7, 11) is 0. The zero-order valence-corrected chi connectivity index (χ0v) is 19.9. The van der Waals surface area contributed by atoms with Gasteiger partial charge in [0, 0.05) is 11.8 Å². The summed E-state index contributed by atoms with van der Waals surface area (Å²) in [6, 6.07) is 12.4. The van der Waals surface area contributed by atoms with Crippen LogP contribution in [0.3, 0.4) is 0 Å². The molecule has 0 aliphatic heterocycles. The maximum absolute atomic E-state index is 13.9. The van der Waals surface area contributed by atoms with E-state index in [-0.39, 0.29) is 24.7 Å². The predicted molar refractivity (Wildman–Crippen MR) is 125 cm³/mol. The topological polar surface area (TPSA) is 82.2 Å². The van der Waals surface area contributed by atoms with Crippen molar-refractivity contribution in [3.63, 3.8) is 0 Å². The van der Waals surface area contributed by atoms with Gasteiger partial charge in [-0.3, -0.25) is 9.48 Å². The Morgan fingerprint density at radius 3 is 2.79 bits per heavy atom. The van der Waals surface area contributed by atoms with Crippen LogP contribution in [0.15, 0.2) is 57.7 Å². The molecule has 4 aromatic rings. The zero-order valence-electron chi connectivity index (χ0n) is 18.4. The normalized spacial score (nSPS) is 10.9. The molecule has 0 unspecified atom stereocenters. The first-order valence-electron chi connectivity index (χ1n) is 10.2. The minimum atomic E-state index is -0.483. The van der Waals surface area contributed by atoms with Gasteiger partial charge in [-0.2, -0.15) is 5.10 Å². The summed E-state index contributed by atoms with van der Waals surface area (Å²) >= 11 is 3.39. The Bertz CT molecular complexity index is 1320. The molecule has 2 aromatic carbocycles. The quantitative estimate of drug-likeness (QED) is 0.349. The third-order valence-electron chi connectivity index (χ3n) is 5.15. The summed E-state index contributed by atoms with van der Waals surface area (Å²) in [5.41, 5.74) is 3.23. The van der Waals surface area contributed by atoms with Crippen LogP contribution in [-0.2, 0) is 13.2 Å². The lowest BCUT2D eigenvalue weighted by atomic mass is 10.1. The van der Waals surface area contributed by atoms with Crippen molar-refractivity contribution in [3.05, 3.63) is 92.7 Å². The summed E-state index contributed by atoms with van der Waals surface area (Å²) in [6.45, 7) is 6.02. The number of hydrogen-bond donors (Lipinski definition) is 1. The molecule has 2 heterocycles. The largest absolute Gasteiger partial charge is 0.488 e. The number of anilines is 1. The van der Waals surface area contributed by atoms with E-state index < -0.39 is 5.91 Å². The van der Waals surface area contributed by atoms with Gasteiger partial charge in [-0.25, -0.2) is 4.39 Å². The molecule has 1 amide bonds. The molecule has 1 N–H and O–H groups in total. The highest BCUT2D eigenvalue weighted by Gasteiger charge is 2.22. The fraction of sp³-hybridized carbons (Fsp3) is 0.208. The van der Waals surface area contributed by atoms with Crippen LogP contribution in [0.25, 0.3) is 0 Å². The first kappa shape index (κ1) is 22.7. The molecule has 0 saturated carbocycles. The Morgan fingerprint density at radius 2 is 2.00 bits per heavy atom. The van der Waals surface area contributed by atoms with Crippen molar-refractivity contribution >= 4 is 27.7 Å². The first-order chi connectivity index (χ1) is 15.8. The molecule has 0 bridgehead atoms. The third kappa shape index (κ3) is 5.14. The number of aryl methyl sites for hydroxylation is 3. The van der Waals surface area contributed by atoms with E-state index >= 15 is 0 Å². The standard InChI is InChI=1S/C24H22BrFN4O3/c1-14-8-9-15(2)21(10-14)32-13-18-16(3)33-29-22(18)24(31)27-23-19(25)12-30(28-23)11-17-6-4-5-7-20(17)26/h4-10,12H,11,13H2,1-3H3,(H,27,28,31). The number of rotatable bonds is 7. The van der Waals surface area contributed by atoms with Crippen molar-refractivity contribution in [1.82, 2.24) is 14.9 Å². The highest BCUT2D eigenvalue weighted by molar-refractivity contribution is 9.10. The molecule has 33 heavy (non-hydrogen) atoms. The monoisotopic (exact) mass is 512 g/mol. The SMILES string of the molecule is Cc1ccc(C)c(OCc2c(C(=O)Nc3nn(Cc4ccccc4F)cc3Br)noc2C)c1. The Hall–Kier alpha value is -3.46. The van der Waals surface area contributed by atoms with Crippen molar-refractivity contribution in [3.8, 4) is 5.75 Å². The Kier molecular flexibility index (Phi) is 6.60. The van der Waals surface area contributed by atoms with E-state index in [1.807, 2.05) is 32.0 Å². The second kappa shape index (κ2) is 9.58. The Balaban J connectivity index is 1.49. The van der Waals surface area contributed by atoms with Crippen LogP contribution in [0.2, 0.25) is 0 Å². The highest BCUT2D eigenvalue weighted by Crippen LogP contribution is 2.25. The molecule has 9 heteroatoms. The Labute approximate surface area is 198 Å². The fourth-order valence-electron chi connectivity index (χ4n) is 3.28. The number of aromatic nitrogens is 3. The summed E-state index contributed by atoms with van der Waals surface area (Å²) in [5, 5.41) is 11.0. The van der Waals surface area contributed by atoms with Gasteiger partial charge >= 0.3 is 0 Å². The number of carbonyl (C=O) groups excluding carboxylic acids is 1. The Morgan fingerprint density at radius 1 is 1.21 bits per heavy atom. The van der Waals surface area contributed by atoms with Crippen LogP contribution < -0.4 is 10.1 Å². The van der Waals surface area contributed by atoms with E-state index in [2.05, 4.69) is 31.5 Å². The van der Waals surface area contributed by atoms with E-state index in [4.69, 9.17) is 9.26 Å². The molecule has 0 aliphatic carbocycles. The second-order valence-electron chi connectivity index (χ2n) is 7.69. The minimum absolute atomic E-state index is 0.119. The molecule has 0 radical (unpaired) electrons. The summed E-state index contributed by atoms with van der Waals surface area (Å²) in [4.78, 5) is 12.9. The van der Waals surface area contributed by atoms with Crippen molar-refractivity contribution in [1.29, 1.82) is 0 Å². The summed E-state index contributed by atoms with van der Waals surface area (Å²) < 4.78 is 27.2. The van der Waals surface area contributed by atoms with Crippen molar-refractivity contribution in [2.24, 2.45) is 0 Å². The smallest absolute Gasteiger partial charge is 0.279 e. The van der Waals surface area contributed by atoms with Gasteiger partial charge in [0.25, 0.3) is 5.91 Å². The summed E-state index contributed by atoms with van der Waals surface area (Å²) in [6.07, 6.45) is 1.67. The van der Waals surface area contributed by atoms with Gasteiger partial charge in [-0.1, -0.05) is 35.5 Å². The number of amides is 1. The number of nitrogens with one attached hydrogen (secondary N) is 1. The lowest BCUT2D eigenvalue weighted by Crippen LogP contribution is -2.16. The van der Waals surface area contributed by atoms with Gasteiger partial charge in [0.05, 0.1) is 16.6 Å². The molecular weight excluding hydrogens is 491 g/mol. The fourth-order valence-corrected chi connectivity index (χ4v) is 3.70. The molecule has 0 aliphatic rings. The van der Waals surface area contributed by atoms with E-state index in [0.717, 1.165) is 16.9 Å². The zero-order chi connectivity index (χ0) is 23.5. The average molecular weight is 513 g/mol. The first-order valence-corrected chi connectivity index (χ1v) is 11.0. The molecule has 0 atom stereocenters. The van der Waals surface area contributed by atoms with Gasteiger partial charge in [0.2, 0.25) is 0 Å². The molecule has 0 fully saturated rings. The second-order valence-corrected chi connectivity index (χ2v) is 8.55. The van der Waals surface area contributed by atoms with E-state index in [9.17, 15) is 9.18 Å². The molecule has 0 spiro atoms. The number of benzene rings is 2. The van der Waals surface area contributed by atoms with Gasteiger partial charge in [0.1, 0.15) is 23.9 Å². The van der Waals surface area contributed by atoms with E-state index in [0.29, 0.717) is 27.2 Å². The number of ether oxygens (including phenoxy) is 1. The predicted octanol–water partition coefficient (Wildman–Crippen LogP) is 5.58.